The molecule has 0 unspecified atom stereocenters. The van der Waals surface area contributed by atoms with E-state index < -0.39 is 22.5 Å². The Morgan fingerprint density at radius 2 is 1.55 bits per heavy atom. The molecule has 0 aliphatic carbocycles. The zero-order valence-electron chi connectivity index (χ0n) is 24.5. The fraction of sp³-hybridized carbons (Fsp3) is 0.143. The maximum absolute atomic E-state index is 13.7. The van der Waals surface area contributed by atoms with Crippen LogP contribution in [0.3, 0.4) is 0 Å². The lowest BCUT2D eigenvalue weighted by atomic mass is 10.1. The van der Waals surface area contributed by atoms with Crippen molar-refractivity contribution in [2.24, 2.45) is 5.10 Å². The molecule has 44 heavy (non-hydrogen) atoms. The monoisotopic (exact) mass is 607 g/mol. The van der Waals surface area contributed by atoms with Gasteiger partial charge in [-0.25, -0.2) is 13.8 Å². The molecule has 0 aliphatic rings. The number of sulfonamides is 1. The number of benzene rings is 5. The zero-order chi connectivity index (χ0) is 30.9. The van der Waals surface area contributed by atoms with Crippen molar-refractivity contribution in [2.45, 2.75) is 25.3 Å². The first-order chi connectivity index (χ1) is 21.3. The van der Waals surface area contributed by atoms with Crippen LogP contribution in [0.15, 0.2) is 125 Å². The Kier molecular flexibility index (Phi) is 9.56. The molecule has 9 heteroatoms. The van der Waals surface area contributed by atoms with Gasteiger partial charge in [0.05, 0.1) is 23.4 Å². The van der Waals surface area contributed by atoms with Crippen molar-refractivity contribution < 1.29 is 22.7 Å². The van der Waals surface area contributed by atoms with Crippen LogP contribution in [0.25, 0.3) is 10.8 Å². The summed E-state index contributed by atoms with van der Waals surface area (Å²) in [4.78, 5) is 13.1. The third kappa shape index (κ3) is 7.25. The summed E-state index contributed by atoms with van der Waals surface area (Å²) in [6.45, 7) is 3.94. The molecule has 0 spiro atoms. The van der Waals surface area contributed by atoms with Crippen LogP contribution >= 0.6 is 0 Å². The molecule has 5 rings (SSSR count). The quantitative estimate of drug-likeness (QED) is 0.130. The lowest BCUT2D eigenvalue weighted by molar-refractivity contribution is -0.119. The molecule has 224 valence electrons. The van der Waals surface area contributed by atoms with E-state index in [4.69, 9.17) is 9.47 Å². The average Bonchev–Trinajstić information content (AvgIpc) is 3.04. The standard InChI is InChI=1S/C35H33N3O5S/c1-3-42-34-14-7-6-13-33(34)38(44(40,41)31-21-15-26(2)16-22-31)24-35(39)37-36-23-27-17-19-30(20-18-27)43-25-29-11-8-10-28-9-4-5-12-32(28)29/h4-23H,3,24-25H2,1-2H3,(H,37,39)/b36-23-. The van der Waals surface area contributed by atoms with Crippen molar-refractivity contribution in [1.82, 2.24) is 5.43 Å². The van der Waals surface area contributed by atoms with E-state index in [0.717, 1.165) is 31.8 Å². The molecule has 1 amide bonds. The minimum atomic E-state index is -4.10. The predicted octanol–water partition coefficient (Wildman–Crippen LogP) is 6.47. The van der Waals surface area contributed by atoms with Crippen LogP contribution in [0.1, 0.15) is 23.6 Å². The first-order valence-electron chi connectivity index (χ1n) is 14.2. The summed E-state index contributed by atoms with van der Waals surface area (Å²) in [6, 6.07) is 34.8. The minimum Gasteiger partial charge on any atom is -0.492 e. The summed E-state index contributed by atoms with van der Waals surface area (Å²) in [5, 5.41) is 6.37. The molecular formula is C35H33N3O5S. The van der Waals surface area contributed by atoms with E-state index in [1.54, 1.807) is 43.3 Å². The summed E-state index contributed by atoms with van der Waals surface area (Å²) in [7, 11) is -4.10. The van der Waals surface area contributed by atoms with Crippen LogP contribution in [0.5, 0.6) is 11.5 Å². The number of carbonyl (C=O) groups is 1. The Morgan fingerprint density at radius 1 is 0.841 bits per heavy atom. The number of nitrogens with zero attached hydrogens (tertiary/aromatic N) is 2. The van der Waals surface area contributed by atoms with Gasteiger partial charge in [0.2, 0.25) is 0 Å². The van der Waals surface area contributed by atoms with Crippen molar-refractivity contribution in [3.63, 3.8) is 0 Å². The average molecular weight is 608 g/mol. The molecule has 5 aromatic carbocycles. The molecule has 0 bridgehead atoms. The Morgan fingerprint density at radius 3 is 2.32 bits per heavy atom. The van der Waals surface area contributed by atoms with Gasteiger partial charge < -0.3 is 9.47 Å². The summed E-state index contributed by atoms with van der Waals surface area (Å²) >= 11 is 0. The number of hydrogen-bond donors (Lipinski definition) is 1. The van der Waals surface area contributed by atoms with Crippen LogP contribution in [-0.4, -0.2) is 33.7 Å². The lowest BCUT2D eigenvalue weighted by Gasteiger charge is -2.25. The molecule has 0 saturated heterocycles. The maximum atomic E-state index is 13.7. The highest BCUT2D eigenvalue weighted by molar-refractivity contribution is 7.92. The second-order valence-electron chi connectivity index (χ2n) is 10.0. The number of ether oxygens (including phenoxy) is 2. The van der Waals surface area contributed by atoms with E-state index >= 15 is 0 Å². The van der Waals surface area contributed by atoms with Crippen molar-refractivity contribution in [3.05, 3.63) is 132 Å². The van der Waals surface area contributed by atoms with Crippen LogP contribution in [0, 0.1) is 6.92 Å². The molecule has 1 N–H and O–H groups in total. The Balaban J connectivity index is 1.25. The molecule has 5 aromatic rings. The Hall–Kier alpha value is -5.15. The molecule has 8 nitrogen and oxygen atoms in total. The van der Waals surface area contributed by atoms with Crippen LogP contribution in [0.2, 0.25) is 0 Å². The highest BCUT2D eigenvalue weighted by atomic mass is 32.2. The number of amides is 1. The lowest BCUT2D eigenvalue weighted by Crippen LogP contribution is -2.39. The number of rotatable bonds is 12. The summed E-state index contributed by atoms with van der Waals surface area (Å²) in [5.41, 5.74) is 5.45. The van der Waals surface area contributed by atoms with E-state index in [2.05, 4.69) is 34.8 Å². The van der Waals surface area contributed by atoms with Gasteiger partial charge in [-0.3, -0.25) is 9.10 Å². The summed E-state index contributed by atoms with van der Waals surface area (Å²) < 4.78 is 40.1. The smallest absolute Gasteiger partial charge is 0.264 e. The Labute approximate surface area is 257 Å². The third-order valence-corrected chi connectivity index (χ3v) is 8.66. The van der Waals surface area contributed by atoms with Gasteiger partial charge in [0.25, 0.3) is 15.9 Å². The fourth-order valence-corrected chi connectivity index (χ4v) is 6.08. The number of para-hydroxylation sites is 2. The second-order valence-corrected chi connectivity index (χ2v) is 11.9. The number of hydrazone groups is 1. The maximum Gasteiger partial charge on any atom is 0.264 e. The SMILES string of the molecule is CCOc1ccccc1N(CC(=O)N/N=C\c1ccc(OCc2cccc3ccccc23)cc1)S(=O)(=O)c1ccc(C)cc1. The van der Waals surface area contributed by atoms with Gasteiger partial charge >= 0.3 is 0 Å². The molecule has 0 atom stereocenters. The van der Waals surface area contributed by atoms with Gasteiger partial charge in [0.15, 0.2) is 0 Å². The van der Waals surface area contributed by atoms with Crippen molar-refractivity contribution >= 4 is 38.6 Å². The zero-order valence-corrected chi connectivity index (χ0v) is 25.3. The first kappa shape index (κ1) is 30.3. The van der Waals surface area contributed by atoms with Gasteiger partial charge in [-0.2, -0.15) is 5.10 Å². The van der Waals surface area contributed by atoms with Gasteiger partial charge in [-0.05, 0) is 84.3 Å². The van der Waals surface area contributed by atoms with Crippen molar-refractivity contribution in [2.75, 3.05) is 17.5 Å². The van der Waals surface area contributed by atoms with Crippen LogP contribution < -0.4 is 19.2 Å². The molecule has 0 aromatic heterocycles. The molecule has 0 saturated carbocycles. The van der Waals surface area contributed by atoms with Gasteiger partial charge in [0, 0.05) is 0 Å². The Bertz CT molecular complexity index is 1870. The molecule has 0 heterocycles. The first-order valence-corrected chi connectivity index (χ1v) is 15.6. The highest BCUT2D eigenvalue weighted by Gasteiger charge is 2.29. The highest BCUT2D eigenvalue weighted by Crippen LogP contribution is 2.32. The number of nitrogens with one attached hydrogen (secondary N) is 1. The molecule has 0 radical (unpaired) electrons. The molecule has 0 fully saturated rings. The van der Waals surface area contributed by atoms with Crippen molar-refractivity contribution in [1.29, 1.82) is 0 Å². The number of hydrogen-bond acceptors (Lipinski definition) is 6. The summed E-state index contributed by atoms with van der Waals surface area (Å²) in [6.07, 6.45) is 1.49. The third-order valence-electron chi connectivity index (χ3n) is 6.89. The van der Waals surface area contributed by atoms with Crippen molar-refractivity contribution in [3.8, 4) is 11.5 Å². The minimum absolute atomic E-state index is 0.0634. The predicted molar refractivity (Wildman–Crippen MR) is 174 cm³/mol. The normalized spacial score (nSPS) is 11.4. The van der Waals surface area contributed by atoms with Crippen LogP contribution in [-0.2, 0) is 21.4 Å². The topological polar surface area (TPSA) is 97.3 Å². The van der Waals surface area contributed by atoms with Gasteiger partial charge in [-0.1, -0.05) is 72.3 Å². The summed E-state index contributed by atoms with van der Waals surface area (Å²) in [5.74, 6) is 0.437. The second kappa shape index (κ2) is 13.9. The fourth-order valence-electron chi connectivity index (χ4n) is 4.65. The molecule has 0 aliphatic heterocycles. The van der Waals surface area contributed by atoms with Gasteiger partial charge in [0.1, 0.15) is 24.7 Å². The number of carbonyl (C=O) groups excluding carboxylic acids is 1. The van der Waals surface area contributed by atoms with Gasteiger partial charge in [-0.15, -0.1) is 0 Å². The van der Waals surface area contributed by atoms with Crippen LogP contribution in [0.4, 0.5) is 5.69 Å². The largest absolute Gasteiger partial charge is 0.492 e. The van der Waals surface area contributed by atoms with E-state index in [1.165, 1.54) is 18.3 Å². The van der Waals surface area contributed by atoms with E-state index in [1.807, 2.05) is 49.4 Å². The number of anilines is 1. The number of fused-ring (bicyclic) bond motifs is 1. The van der Waals surface area contributed by atoms with E-state index in [9.17, 15) is 13.2 Å². The van der Waals surface area contributed by atoms with E-state index in [0.29, 0.717) is 24.7 Å². The number of aryl methyl sites for hydroxylation is 1. The molecular weight excluding hydrogens is 574 g/mol. The van der Waals surface area contributed by atoms with E-state index in [-0.39, 0.29) is 10.6 Å².